The molecule has 0 saturated heterocycles. The summed E-state index contributed by atoms with van der Waals surface area (Å²) in [6, 6.07) is 10.6. The van der Waals surface area contributed by atoms with Crippen LogP contribution in [0, 0.1) is 0 Å². The summed E-state index contributed by atoms with van der Waals surface area (Å²) in [5.74, 6) is 0. The van der Waals surface area contributed by atoms with Crippen LogP contribution in [-0.4, -0.2) is 16.1 Å². The molecule has 2 N–H and O–H groups in total. The number of nitrogens with zero attached hydrogens (tertiary/aromatic N) is 1. The van der Waals surface area contributed by atoms with Crippen molar-refractivity contribution in [2.75, 3.05) is 5.32 Å². The third-order valence-electron chi connectivity index (χ3n) is 3.58. The van der Waals surface area contributed by atoms with Gasteiger partial charge in [-0.05, 0) is 49.3 Å². The average molecular weight is 271 g/mol. The third kappa shape index (κ3) is 2.84. The Morgan fingerprint density at radius 2 is 2.00 bits per heavy atom. The summed E-state index contributed by atoms with van der Waals surface area (Å²) in [7, 11) is 0. The number of thiocarbonyl (C=S) groups is 1. The Labute approximate surface area is 118 Å². The van der Waals surface area contributed by atoms with Crippen molar-refractivity contribution in [2.24, 2.45) is 0 Å². The Hall–Kier alpha value is -1.68. The van der Waals surface area contributed by atoms with Gasteiger partial charge in [0.05, 0.1) is 5.52 Å². The topological polar surface area (TPSA) is 37.0 Å². The van der Waals surface area contributed by atoms with Crippen LogP contribution in [0.1, 0.15) is 25.7 Å². The second-order valence-electron chi connectivity index (χ2n) is 4.96. The number of hydrogen-bond donors (Lipinski definition) is 2. The first-order valence-electron chi connectivity index (χ1n) is 6.74. The molecule has 1 fully saturated rings. The van der Waals surface area contributed by atoms with Crippen molar-refractivity contribution in [3.8, 4) is 0 Å². The predicted octanol–water partition coefficient (Wildman–Crippen LogP) is 3.46. The van der Waals surface area contributed by atoms with Crippen molar-refractivity contribution in [2.45, 2.75) is 31.7 Å². The second-order valence-corrected chi connectivity index (χ2v) is 5.36. The molecular weight excluding hydrogens is 254 g/mol. The Bertz CT molecular complexity index is 585. The van der Waals surface area contributed by atoms with Gasteiger partial charge >= 0.3 is 0 Å². The van der Waals surface area contributed by atoms with Crippen molar-refractivity contribution in [3.63, 3.8) is 0 Å². The highest BCUT2D eigenvalue weighted by atomic mass is 32.1. The van der Waals surface area contributed by atoms with Crippen LogP contribution in [0.4, 0.5) is 5.69 Å². The SMILES string of the molecule is S=C(Nc1cccc2ncccc12)NC1CCCC1. The van der Waals surface area contributed by atoms with Gasteiger partial charge in [-0.15, -0.1) is 0 Å². The molecule has 0 aliphatic heterocycles. The van der Waals surface area contributed by atoms with Gasteiger partial charge in [0.15, 0.2) is 5.11 Å². The lowest BCUT2D eigenvalue weighted by atomic mass is 10.2. The van der Waals surface area contributed by atoms with Crippen LogP contribution in [0.15, 0.2) is 36.5 Å². The third-order valence-corrected chi connectivity index (χ3v) is 3.80. The van der Waals surface area contributed by atoms with E-state index in [-0.39, 0.29) is 0 Å². The van der Waals surface area contributed by atoms with E-state index in [2.05, 4.69) is 21.7 Å². The van der Waals surface area contributed by atoms with Crippen LogP contribution in [-0.2, 0) is 0 Å². The van der Waals surface area contributed by atoms with Crippen molar-refractivity contribution >= 4 is 33.9 Å². The first-order chi connectivity index (χ1) is 9.33. The maximum Gasteiger partial charge on any atom is 0.171 e. The molecule has 0 unspecified atom stereocenters. The number of anilines is 1. The van der Waals surface area contributed by atoms with Crippen molar-refractivity contribution in [1.82, 2.24) is 10.3 Å². The van der Waals surface area contributed by atoms with E-state index < -0.39 is 0 Å². The van der Waals surface area contributed by atoms with E-state index in [0.29, 0.717) is 11.2 Å². The minimum Gasteiger partial charge on any atom is -0.360 e. The standard InChI is InChI=1S/C15H17N3S/c19-15(17-11-5-1-2-6-11)18-14-9-3-8-13-12(14)7-4-10-16-13/h3-4,7-11H,1-2,5-6H2,(H2,17,18,19). The molecule has 1 saturated carbocycles. The molecule has 2 aromatic rings. The van der Waals surface area contributed by atoms with Gasteiger partial charge in [0.2, 0.25) is 0 Å². The fraction of sp³-hybridized carbons (Fsp3) is 0.333. The molecule has 4 heteroatoms. The molecule has 0 radical (unpaired) electrons. The number of nitrogens with one attached hydrogen (secondary N) is 2. The zero-order valence-corrected chi connectivity index (χ0v) is 11.5. The largest absolute Gasteiger partial charge is 0.360 e. The summed E-state index contributed by atoms with van der Waals surface area (Å²) >= 11 is 5.39. The highest BCUT2D eigenvalue weighted by Crippen LogP contribution is 2.22. The fourth-order valence-electron chi connectivity index (χ4n) is 2.63. The minimum absolute atomic E-state index is 0.535. The minimum atomic E-state index is 0.535. The molecular formula is C15H17N3S. The number of hydrogen-bond acceptors (Lipinski definition) is 2. The molecule has 19 heavy (non-hydrogen) atoms. The van der Waals surface area contributed by atoms with Crippen molar-refractivity contribution in [1.29, 1.82) is 0 Å². The Morgan fingerprint density at radius 1 is 1.16 bits per heavy atom. The molecule has 0 spiro atoms. The Morgan fingerprint density at radius 3 is 2.84 bits per heavy atom. The molecule has 1 heterocycles. The summed E-state index contributed by atoms with van der Waals surface area (Å²) in [5, 5.41) is 8.49. The van der Waals surface area contributed by atoms with Gasteiger partial charge in [0.25, 0.3) is 0 Å². The highest BCUT2D eigenvalue weighted by molar-refractivity contribution is 7.80. The maximum absolute atomic E-state index is 5.39. The van der Waals surface area contributed by atoms with Crippen LogP contribution in [0.3, 0.4) is 0 Å². The molecule has 3 nitrogen and oxygen atoms in total. The quantitative estimate of drug-likeness (QED) is 0.820. The number of rotatable bonds is 2. The molecule has 1 aromatic carbocycles. The normalized spacial score (nSPS) is 15.6. The van der Waals surface area contributed by atoms with Gasteiger partial charge in [-0.2, -0.15) is 0 Å². The van der Waals surface area contributed by atoms with E-state index >= 15 is 0 Å². The predicted molar refractivity (Wildman–Crippen MR) is 83.4 cm³/mol. The number of aromatic nitrogens is 1. The molecule has 0 atom stereocenters. The van der Waals surface area contributed by atoms with Gasteiger partial charge in [0.1, 0.15) is 0 Å². The fourth-order valence-corrected chi connectivity index (χ4v) is 2.90. The van der Waals surface area contributed by atoms with Gasteiger partial charge < -0.3 is 10.6 Å². The zero-order valence-electron chi connectivity index (χ0n) is 10.7. The zero-order chi connectivity index (χ0) is 13.1. The smallest absolute Gasteiger partial charge is 0.171 e. The lowest BCUT2D eigenvalue weighted by Gasteiger charge is -2.16. The summed E-state index contributed by atoms with van der Waals surface area (Å²) in [6.45, 7) is 0. The molecule has 0 bridgehead atoms. The van der Waals surface area contributed by atoms with Crippen molar-refractivity contribution < 1.29 is 0 Å². The van der Waals surface area contributed by atoms with Gasteiger partial charge in [-0.1, -0.05) is 18.9 Å². The average Bonchev–Trinajstić information content (AvgIpc) is 2.92. The van der Waals surface area contributed by atoms with Crippen LogP contribution in [0.25, 0.3) is 10.9 Å². The molecule has 0 amide bonds. The van der Waals surface area contributed by atoms with E-state index in [1.807, 2.05) is 24.3 Å². The van der Waals surface area contributed by atoms with Gasteiger partial charge in [0, 0.05) is 23.3 Å². The maximum atomic E-state index is 5.39. The van der Waals surface area contributed by atoms with Crippen LogP contribution in [0.5, 0.6) is 0 Å². The second kappa shape index (κ2) is 5.53. The molecule has 1 aromatic heterocycles. The van der Waals surface area contributed by atoms with Crippen LogP contribution < -0.4 is 10.6 Å². The summed E-state index contributed by atoms with van der Waals surface area (Å²) in [4.78, 5) is 4.35. The molecule has 98 valence electrons. The Kier molecular flexibility index (Phi) is 3.60. The number of benzene rings is 1. The lowest BCUT2D eigenvalue weighted by Crippen LogP contribution is -2.35. The summed E-state index contributed by atoms with van der Waals surface area (Å²) in [5.41, 5.74) is 2.00. The first kappa shape index (κ1) is 12.4. The highest BCUT2D eigenvalue weighted by Gasteiger charge is 2.15. The molecule has 3 rings (SSSR count). The van der Waals surface area contributed by atoms with Gasteiger partial charge in [-0.25, -0.2) is 0 Å². The van der Waals surface area contributed by atoms with Gasteiger partial charge in [-0.3, -0.25) is 4.98 Å². The van der Waals surface area contributed by atoms with Crippen LogP contribution >= 0.6 is 12.2 Å². The Balaban J connectivity index is 1.75. The van der Waals surface area contributed by atoms with E-state index in [1.165, 1.54) is 25.7 Å². The summed E-state index contributed by atoms with van der Waals surface area (Å²) in [6.07, 6.45) is 6.86. The number of pyridine rings is 1. The van der Waals surface area contributed by atoms with E-state index in [4.69, 9.17) is 12.2 Å². The summed E-state index contributed by atoms with van der Waals surface area (Å²) < 4.78 is 0. The molecule has 1 aliphatic rings. The van der Waals surface area contributed by atoms with Crippen LogP contribution in [0.2, 0.25) is 0 Å². The monoisotopic (exact) mass is 271 g/mol. The van der Waals surface area contributed by atoms with Crippen molar-refractivity contribution in [3.05, 3.63) is 36.5 Å². The first-order valence-corrected chi connectivity index (χ1v) is 7.15. The lowest BCUT2D eigenvalue weighted by molar-refractivity contribution is 0.634. The van der Waals surface area contributed by atoms with E-state index in [1.54, 1.807) is 6.20 Å². The molecule has 1 aliphatic carbocycles. The van der Waals surface area contributed by atoms with E-state index in [9.17, 15) is 0 Å². The number of fused-ring (bicyclic) bond motifs is 1. The van der Waals surface area contributed by atoms with E-state index in [0.717, 1.165) is 16.6 Å².